The molecule has 0 aliphatic rings. The lowest BCUT2D eigenvalue weighted by Gasteiger charge is -2.20. The fourth-order valence-electron chi connectivity index (χ4n) is 1.76. The van der Waals surface area contributed by atoms with Crippen LogP contribution in [0.15, 0.2) is 18.2 Å². The van der Waals surface area contributed by atoms with Gasteiger partial charge in [0, 0.05) is 6.54 Å². The third-order valence-corrected chi connectivity index (χ3v) is 3.30. The van der Waals surface area contributed by atoms with Crippen molar-refractivity contribution in [1.29, 1.82) is 0 Å². The van der Waals surface area contributed by atoms with Gasteiger partial charge in [0.05, 0.1) is 5.38 Å². The summed E-state index contributed by atoms with van der Waals surface area (Å²) in [6, 6.07) is 5.10. The van der Waals surface area contributed by atoms with Crippen LogP contribution in [0.4, 0.5) is 4.39 Å². The smallest absolute Gasteiger partial charge is 0.126 e. The monoisotopic (exact) mass is 257 g/mol. The van der Waals surface area contributed by atoms with Crippen molar-refractivity contribution in [3.8, 4) is 0 Å². The molecule has 0 N–H and O–H groups in total. The van der Waals surface area contributed by atoms with Gasteiger partial charge in [0.15, 0.2) is 0 Å². The van der Waals surface area contributed by atoms with Crippen LogP contribution >= 0.6 is 11.6 Å². The molecule has 1 aromatic carbocycles. The Kier molecular flexibility index (Phi) is 5.93. The van der Waals surface area contributed by atoms with E-state index in [0.717, 1.165) is 18.7 Å². The van der Waals surface area contributed by atoms with Crippen LogP contribution in [0.25, 0.3) is 0 Å². The summed E-state index contributed by atoms with van der Waals surface area (Å²) < 4.78 is 13.1. The normalized spacial score (nSPS) is 13.1. The van der Waals surface area contributed by atoms with Crippen LogP contribution in [-0.2, 0) is 0 Å². The first kappa shape index (κ1) is 14.5. The summed E-state index contributed by atoms with van der Waals surface area (Å²) in [4.78, 5) is 2.22. The number of alkyl halides is 1. The number of nitrogens with zero attached hydrogens (tertiary/aromatic N) is 1. The molecule has 0 radical (unpaired) electrons. The van der Waals surface area contributed by atoms with Crippen LogP contribution in [0.2, 0.25) is 0 Å². The van der Waals surface area contributed by atoms with Crippen molar-refractivity contribution in [2.75, 3.05) is 20.1 Å². The van der Waals surface area contributed by atoms with Gasteiger partial charge >= 0.3 is 0 Å². The third-order valence-electron chi connectivity index (χ3n) is 2.91. The average Bonchev–Trinajstić information content (AvgIpc) is 2.30. The lowest BCUT2D eigenvalue weighted by Crippen LogP contribution is -2.23. The molecule has 96 valence electrons. The molecule has 0 aliphatic carbocycles. The molecule has 0 bridgehead atoms. The molecule has 0 fully saturated rings. The summed E-state index contributed by atoms with van der Waals surface area (Å²) in [5, 5.41) is -0.0730. The van der Waals surface area contributed by atoms with E-state index in [2.05, 4.69) is 18.9 Å². The highest BCUT2D eigenvalue weighted by atomic mass is 35.5. The zero-order valence-electron chi connectivity index (χ0n) is 10.8. The second-order valence-corrected chi connectivity index (χ2v) is 5.12. The van der Waals surface area contributed by atoms with Gasteiger partial charge in [0.2, 0.25) is 0 Å². The van der Waals surface area contributed by atoms with Crippen molar-refractivity contribution in [1.82, 2.24) is 4.90 Å². The first-order valence-corrected chi connectivity index (χ1v) is 6.57. The number of hydrogen-bond donors (Lipinski definition) is 0. The Morgan fingerprint density at radius 2 is 2.12 bits per heavy atom. The summed E-state index contributed by atoms with van der Waals surface area (Å²) in [6.07, 6.45) is 2.37. The van der Waals surface area contributed by atoms with Crippen LogP contribution in [0.5, 0.6) is 0 Å². The van der Waals surface area contributed by atoms with Crippen LogP contribution in [0, 0.1) is 12.7 Å². The topological polar surface area (TPSA) is 3.24 Å². The third kappa shape index (κ3) is 4.64. The molecule has 1 rings (SSSR count). The van der Waals surface area contributed by atoms with E-state index in [1.165, 1.54) is 18.9 Å². The molecule has 0 amide bonds. The minimum atomic E-state index is -0.169. The van der Waals surface area contributed by atoms with Crippen LogP contribution < -0.4 is 0 Å². The van der Waals surface area contributed by atoms with E-state index in [4.69, 9.17) is 11.6 Å². The number of halogens is 2. The SMILES string of the molecule is CCCCN(C)CC(Cl)c1ccc(F)c(C)c1. The van der Waals surface area contributed by atoms with Gasteiger partial charge in [-0.05, 0) is 44.1 Å². The maximum atomic E-state index is 13.1. The first-order valence-electron chi connectivity index (χ1n) is 6.13. The zero-order valence-corrected chi connectivity index (χ0v) is 11.6. The second-order valence-electron chi connectivity index (χ2n) is 4.59. The van der Waals surface area contributed by atoms with E-state index in [1.54, 1.807) is 13.0 Å². The van der Waals surface area contributed by atoms with Crippen molar-refractivity contribution >= 4 is 11.6 Å². The van der Waals surface area contributed by atoms with Crippen molar-refractivity contribution < 1.29 is 4.39 Å². The van der Waals surface area contributed by atoms with Crippen molar-refractivity contribution in [2.24, 2.45) is 0 Å². The molecule has 1 atom stereocenters. The molecular weight excluding hydrogens is 237 g/mol. The predicted molar refractivity (Wildman–Crippen MR) is 72.1 cm³/mol. The van der Waals surface area contributed by atoms with Gasteiger partial charge in [-0.15, -0.1) is 11.6 Å². The molecule has 1 unspecified atom stereocenters. The molecular formula is C14H21ClFN. The number of unbranched alkanes of at least 4 members (excludes halogenated alkanes) is 1. The zero-order chi connectivity index (χ0) is 12.8. The summed E-state index contributed by atoms with van der Waals surface area (Å²) >= 11 is 6.34. The van der Waals surface area contributed by atoms with Gasteiger partial charge in [-0.1, -0.05) is 25.5 Å². The number of benzene rings is 1. The quantitative estimate of drug-likeness (QED) is 0.692. The summed E-state index contributed by atoms with van der Waals surface area (Å²) in [6.45, 7) is 5.80. The average molecular weight is 258 g/mol. The summed E-state index contributed by atoms with van der Waals surface area (Å²) in [5.74, 6) is -0.169. The van der Waals surface area contributed by atoms with Crippen LogP contribution in [0.3, 0.4) is 0 Å². The Balaban J connectivity index is 2.57. The predicted octanol–water partition coefficient (Wildman–Crippen LogP) is 4.15. The summed E-state index contributed by atoms with van der Waals surface area (Å²) in [7, 11) is 2.07. The molecule has 17 heavy (non-hydrogen) atoms. The van der Waals surface area contributed by atoms with Gasteiger partial charge < -0.3 is 4.90 Å². The number of likely N-dealkylation sites (N-methyl/N-ethyl adjacent to an activating group) is 1. The first-order chi connectivity index (χ1) is 8.04. The van der Waals surface area contributed by atoms with Crippen molar-refractivity contribution in [3.05, 3.63) is 35.1 Å². The van der Waals surface area contributed by atoms with Gasteiger partial charge in [-0.25, -0.2) is 4.39 Å². The van der Waals surface area contributed by atoms with Crippen LogP contribution in [-0.4, -0.2) is 25.0 Å². The minimum absolute atomic E-state index is 0.0730. The molecule has 0 aromatic heterocycles. The highest BCUT2D eigenvalue weighted by Crippen LogP contribution is 2.23. The van der Waals surface area contributed by atoms with E-state index in [-0.39, 0.29) is 11.2 Å². The maximum Gasteiger partial charge on any atom is 0.126 e. The van der Waals surface area contributed by atoms with Gasteiger partial charge in [0.25, 0.3) is 0 Å². The maximum absolute atomic E-state index is 13.1. The molecule has 1 aromatic rings. The van der Waals surface area contributed by atoms with Gasteiger partial charge in [-0.2, -0.15) is 0 Å². The standard InChI is InChI=1S/C14H21ClFN/c1-4-5-8-17(3)10-13(15)12-6-7-14(16)11(2)9-12/h6-7,9,13H,4-5,8,10H2,1-3H3. The Morgan fingerprint density at radius 1 is 1.41 bits per heavy atom. The molecule has 0 saturated carbocycles. The minimum Gasteiger partial charge on any atom is -0.305 e. The Morgan fingerprint density at radius 3 is 2.71 bits per heavy atom. The van der Waals surface area contributed by atoms with Crippen molar-refractivity contribution in [3.63, 3.8) is 0 Å². The number of rotatable bonds is 6. The Bertz CT molecular complexity index is 354. The molecule has 0 saturated heterocycles. The Hall–Kier alpha value is -0.600. The van der Waals surface area contributed by atoms with E-state index >= 15 is 0 Å². The fourth-order valence-corrected chi connectivity index (χ4v) is 2.13. The van der Waals surface area contributed by atoms with E-state index in [9.17, 15) is 4.39 Å². The summed E-state index contributed by atoms with van der Waals surface area (Å²) in [5.41, 5.74) is 1.65. The molecule has 0 heterocycles. The highest BCUT2D eigenvalue weighted by Gasteiger charge is 2.11. The lowest BCUT2D eigenvalue weighted by atomic mass is 10.1. The Labute approximate surface area is 109 Å². The highest BCUT2D eigenvalue weighted by molar-refractivity contribution is 6.21. The molecule has 3 heteroatoms. The van der Waals surface area contributed by atoms with E-state index in [0.29, 0.717) is 5.56 Å². The largest absolute Gasteiger partial charge is 0.305 e. The van der Waals surface area contributed by atoms with Crippen LogP contribution in [0.1, 0.15) is 36.3 Å². The van der Waals surface area contributed by atoms with Crippen molar-refractivity contribution in [2.45, 2.75) is 32.1 Å². The lowest BCUT2D eigenvalue weighted by molar-refractivity contribution is 0.328. The fraction of sp³-hybridized carbons (Fsp3) is 0.571. The molecule has 0 spiro atoms. The second kappa shape index (κ2) is 6.97. The van der Waals surface area contributed by atoms with Gasteiger partial charge in [0.1, 0.15) is 5.82 Å². The number of hydrogen-bond acceptors (Lipinski definition) is 1. The van der Waals surface area contributed by atoms with Gasteiger partial charge in [-0.3, -0.25) is 0 Å². The molecule has 1 nitrogen and oxygen atoms in total. The van der Waals surface area contributed by atoms with E-state index < -0.39 is 0 Å². The molecule has 0 aliphatic heterocycles. The number of aryl methyl sites for hydroxylation is 1. The van der Waals surface area contributed by atoms with E-state index in [1.807, 2.05) is 6.07 Å².